The molecule has 1 aromatic rings. The zero-order chi connectivity index (χ0) is 11.8. The van der Waals surface area contributed by atoms with E-state index in [1.54, 1.807) is 11.3 Å². The summed E-state index contributed by atoms with van der Waals surface area (Å²) in [5.41, 5.74) is 7.12. The van der Waals surface area contributed by atoms with E-state index in [1.807, 2.05) is 0 Å². The number of anilines is 1. The van der Waals surface area contributed by atoms with Crippen LogP contribution < -0.4 is 11.1 Å². The summed E-state index contributed by atoms with van der Waals surface area (Å²) in [5.74, 6) is 1.68. The number of piperidine rings is 1. The van der Waals surface area contributed by atoms with Crippen LogP contribution in [0.1, 0.15) is 36.8 Å². The van der Waals surface area contributed by atoms with E-state index in [0.29, 0.717) is 6.04 Å². The number of nitrogens with one attached hydrogen (secondary N) is 1. The number of rotatable bonds is 2. The lowest BCUT2D eigenvalue weighted by Crippen LogP contribution is -2.50. The average Bonchev–Trinajstić information content (AvgIpc) is 2.66. The molecule has 4 heteroatoms. The number of fused-ring (bicyclic) bond motifs is 2. The van der Waals surface area contributed by atoms with E-state index in [2.05, 4.69) is 17.2 Å². The van der Waals surface area contributed by atoms with Gasteiger partial charge in [0.25, 0.3) is 0 Å². The van der Waals surface area contributed by atoms with E-state index in [1.165, 1.54) is 36.4 Å². The van der Waals surface area contributed by atoms with Crippen molar-refractivity contribution in [1.29, 1.82) is 0 Å². The van der Waals surface area contributed by atoms with Gasteiger partial charge in [-0.3, -0.25) is 0 Å². The Kier molecular flexibility index (Phi) is 3.09. The number of nitrogen functional groups attached to an aromatic ring is 1. The first kappa shape index (κ1) is 11.5. The number of nitrogens with two attached hydrogens (primary N) is 1. The number of hydrogen-bond acceptors (Lipinski definition) is 4. The van der Waals surface area contributed by atoms with Crippen LogP contribution in [0.25, 0.3) is 0 Å². The van der Waals surface area contributed by atoms with E-state index in [9.17, 15) is 0 Å². The summed E-state index contributed by atoms with van der Waals surface area (Å²) in [6.07, 6.45) is 6.31. The molecule has 0 amide bonds. The van der Waals surface area contributed by atoms with Crippen LogP contribution in [0.15, 0.2) is 0 Å². The molecule has 2 aliphatic rings. The topological polar surface area (TPSA) is 50.9 Å². The van der Waals surface area contributed by atoms with Crippen molar-refractivity contribution in [2.24, 2.45) is 11.8 Å². The molecule has 0 saturated carbocycles. The molecule has 0 aromatic carbocycles. The normalized spacial score (nSPS) is 31.9. The molecule has 0 spiro atoms. The minimum atomic E-state index is 0.674. The van der Waals surface area contributed by atoms with Gasteiger partial charge in [-0.15, -0.1) is 11.3 Å². The van der Waals surface area contributed by atoms with Gasteiger partial charge in [-0.1, -0.05) is 19.8 Å². The quantitative estimate of drug-likeness (QED) is 0.847. The molecule has 2 heterocycles. The number of hydrogen-bond donors (Lipinski definition) is 2. The first-order chi connectivity index (χ1) is 8.28. The highest BCUT2D eigenvalue weighted by atomic mass is 32.1. The van der Waals surface area contributed by atoms with Crippen molar-refractivity contribution in [2.45, 2.75) is 45.1 Å². The van der Waals surface area contributed by atoms with E-state index in [0.717, 1.165) is 29.8 Å². The monoisotopic (exact) mass is 251 g/mol. The van der Waals surface area contributed by atoms with Crippen LogP contribution in [0.3, 0.4) is 0 Å². The molecule has 0 radical (unpaired) electrons. The Hall–Kier alpha value is -0.610. The summed E-state index contributed by atoms with van der Waals surface area (Å²) in [4.78, 5) is 5.93. The smallest absolute Gasteiger partial charge is 0.180 e. The first-order valence-corrected chi connectivity index (χ1v) is 7.57. The molecule has 1 fully saturated rings. The minimum absolute atomic E-state index is 0.674. The van der Waals surface area contributed by atoms with Gasteiger partial charge in [0.05, 0.1) is 5.69 Å². The highest BCUT2D eigenvalue weighted by Gasteiger charge is 2.37. The molecule has 3 atom stereocenters. The van der Waals surface area contributed by atoms with Crippen LogP contribution >= 0.6 is 11.3 Å². The van der Waals surface area contributed by atoms with Crippen molar-refractivity contribution in [3.8, 4) is 0 Å². The summed E-state index contributed by atoms with van der Waals surface area (Å²) < 4.78 is 0. The highest BCUT2D eigenvalue weighted by molar-refractivity contribution is 7.15. The molecule has 1 aromatic heterocycles. The van der Waals surface area contributed by atoms with Crippen LogP contribution in [-0.2, 0) is 12.8 Å². The molecule has 0 bridgehead atoms. The Bertz CT molecular complexity index is 399. The maximum absolute atomic E-state index is 5.83. The largest absolute Gasteiger partial charge is 0.375 e. The summed E-state index contributed by atoms with van der Waals surface area (Å²) in [6.45, 7) is 3.49. The molecular weight excluding hydrogens is 230 g/mol. The lowest BCUT2D eigenvalue weighted by atomic mass is 9.72. The van der Waals surface area contributed by atoms with Crippen molar-refractivity contribution in [1.82, 2.24) is 10.3 Å². The Morgan fingerprint density at radius 1 is 1.47 bits per heavy atom. The predicted octanol–water partition coefficient (Wildman–Crippen LogP) is 2.22. The van der Waals surface area contributed by atoms with Crippen LogP contribution in [0, 0.1) is 11.8 Å². The lowest BCUT2D eigenvalue weighted by Gasteiger charge is -2.41. The molecule has 3 rings (SSSR count). The fraction of sp³-hybridized carbons (Fsp3) is 0.769. The third-order valence-corrected chi connectivity index (χ3v) is 5.28. The Morgan fingerprint density at radius 2 is 2.35 bits per heavy atom. The molecule has 1 unspecified atom stereocenters. The number of nitrogens with zero attached hydrogens (tertiary/aromatic N) is 1. The summed E-state index contributed by atoms with van der Waals surface area (Å²) in [6, 6.07) is 0.674. The van der Waals surface area contributed by atoms with Gasteiger partial charge in [0.15, 0.2) is 5.13 Å². The van der Waals surface area contributed by atoms with Crippen molar-refractivity contribution in [2.75, 3.05) is 12.3 Å². The predicted molar refractivity (Wildman–Crippen MR) is 72.2 cm³/mol. The van der Waals surface area contributed by atoms with E-state index >= 15 is 0 Å². The molecule has 3 N–H and O–H groups in total. The second kappa shape index (κ2) is 4.58. The summed E-state index contributed by atoms with van der Waals surface area (Å²) in [5, 5.41) is 4.45. The van der Waals surface area contributed by atoms with Crippen LogP contribution in [0.4, 0.5) is 5.13 Å². The maximum atomic E-state index is 5.83. The Balaban J connectivity index is 1.83. The van der Waals surface area contributed by atoms with Gasteiger partial charge < -0.3 is 11.1 Å². The third kappa shape index (κ3) is 2.08. The second-order valence-corrected chi connectivity index (χ2v) is 6.51. The molecule has 94 valence electrons. The van der Waals surface area contributed by atoms with Crippen molar-refractivity contribution in [3.05, 3.63) is 10.6 Å². The van der Waals surface area contributed by atoms with Gasteiger partial charge in [0.2, 0.25) is 0 Å². The van der Waals surface area contributed by atoms with Gasteiger partial charge >= 0.3 is 0 Å². The van der Waals surface area contributed by atoms with Crippen LogP contribution in [0.5, 0.6) is 0 Å². The van der Waals surface area contributed by atoms with Gasteiger partial charge in [0, 0.05) is 10.9 Å². The number of aromatic nitrogens is 1. The molecule has 1 aliphatic carbocycles. The maximum Gasteiger partial charge on any atom is 0.180 e. The van der Waals surface area contributed by atoms with E-state index in [4.69, 9.17) is 5.73 Å². The zero-order valence-corrected chi connectivity index (χ0v) is 11.2. The SMILES string of the molecule is CCCC1CCN[C@H]2Cc3sc(N)nc3C[C@H]12. The summed E-state index contributed by atoms with van der Waals surface area (Å²) >= 11 is 1.69. The van der Waals surface area contributed by atoms with Crippen molar-refractivity contribution in [3.63, 3.8) is 0 Å². The Morgan fingerprint density at radius 3 is 3.18 bits per heavy atom. The lowest BCUT2D eigenvalue weighted by molar-refractivity contribution is 0.165. The van der Waals surface area contributed by atoms with Gasteiger partial charge in [-0.2, -0.15) is 0 Å². The molecule has 3 nitrogen and oxygen atoms in total. The second-order valence-electron chi connectivity index (χ2n) is 5.39. The zero-order valence-electron chi connectivity index (χ0n) is 10.4. The van der Waals surface area contributed by atoms with Gasteiger partial charge in [-0.05, 0) is 37.6 Å². The van der Waals surface area contributed by atoms with E-state index < -0.39 is 0 Å². The minimum Gasteiger partial charge on any atom is -0.375 e. The number of thiazole rings is 1. The van der Waals surface area contributed by atoms with Crippen LogP contribution in [-0.4, -0.2) is 17.6 Å². The summed E-state index contributed by atoms with van der Waals surface area (Å²) in [7, 11) is 0. The molecule has 1 saturated heterocycles. The van der Waals surface area contributed by atoms with Crippen molar-refractivity contribution >= 4 is 16.5 Å². The fourth-order valence-corrected chi connectivity index (χ4v) is 4.47. The third-order valence-electron chi connectivity index (χ3n) is 4.33. The van der Waals surface area contributed by atoms with E-state index in [-0.39, 0.29) is 0 Å². The Labute approximate surface area is 107 Å². The molecular formula is C13H21N3S. The van der Waals surface area contributed by atoms with Crippen LogP contribution in [0.2, 0.25) is 0 Å². The standard InChI is InChI=1S/C13H21N3S/c1-2-3-8-4-5-15-10-7-12-11(6-9(8)10)16-13(14)17-12/h8-10,15H,2-7H2,1H3,(H2,14,16)/t8?,9-,10+/m1/s1. The first-order valence-electron chi connectivity index (χ1n) is 6.75. The molecule has 17 heavy (non-hydrogen) atoms. The van der Waals surface area contributed by atoms with Crippen molar-refractivity contribution < 1.29 is 0 Å². The molecule has 1 aliphatic heterocycles. The highest BCUT2D eigenvalue weighted by Crippen LogP contribution is 2.38. The fourth-order valence-electron chi connectivity index (χ4n) is 3.56. The van der Waals surface area contributed by atoms with Gasteiger partial charge in [0.1, 0.15) is 0 Å². The average molecular weight is 251 g/mol. The van der Waals surface area contributed by atoms with Gasteiger partial charge in [-0.25, -0.2) is 4.98 Å².